The second-order valence-corrected chi connectivity index (χ2v) is 8.83. The van der Waals surface area contributed by atoms with Crippen LogP contribution < -0.4 is 9.62 Å². The van der Waals surface area contributed by atoms with Crippen LogP contribution in [0.15, 0.2) is 42.5 Å². The van der Waals surface area contributed by atoms with Crippen molar-refractivity contribution in [3.63, 3.8) is 0 Å². The zero-order valence-electron chi connectivity index (χ0n) is 16.9. The summed E-state index contributed by atoms with van der Waals surface area (Å²) in [7, 11) is -3.83. The lowest BCUT2D eigenvalue weighted by Gasteiger charge is -2.24. The number of anilines is 1. The van der Waals surface area contributed by atoms with Gasteiger partial charge < -0.3 is 5.32 Å². The smallest absolute Gasteiger partial charge is 0.271 e. The highest BCUT2D eigenvalue weighted by molar-refractivity contribution is 7.92. The van der Waals surface area contributed by atoms with Gasteiger partial charge in [-0.25, -0.2) is 8.42 Å². The number of nitrogens with zero attached hydrogens (tertiary/aromatic N) is 2. The minimum atomic E-state index is -3.83. The Kier molecular flexibility index (Phi) is 6.97. The minimum absolute atomic E-state index is 0.0658. The molecule has 0 aromatic heterocycles. The van der Waals surface area contributed by atoms with E-state index in [4.69, 9.17) is 0 Å². The molecule has 29 heavy (non-hydrogen) atoms. The molecule has 2 aromatic rings. The number of carbonyl (C=O) groups is 1. The van der Waals surface area contributed by atoms with Crippen molar-refractivity contribution in [3.05, 3.63) is 69.3 Å². The molecule has 0 spiro atoms. The Bertz CT molecular complexity index is 1020. The zero-order chi connectivity index (χ0) is 21.8. The number of hydrogen-bond donors (Lipinski definition) is 1. The Morgan fingerprint density at radius 2 is 1.86 bits per heavy atom. The number of hydrogen-bond acceptors (Lipinski definition) is 5. The van der Waals surface area contributed by atoms with Crippen LogP contribution >= 0.6 is 0 Å². The summed E-state index contributed by atoms with van der Waals surface area (Å²) in [5, 5.41) is 13.9. The van der Waals surface area contributed by atoms with E-state index in [1.165, 1.54) is 18.2 Å². The van der Waals surface area contributed by atoms with E-state index >= 15 is 0 Å². The lowest BCUT2D eigenvalue weighted by Crippen LogP contribution is -2.41. The summed E-state index contributed by atoms with van der Waals surface area (Å²) in [5.74, 6) is -0.494. The first-order valence-electron chi connectivity index (χ1n) is 9.11. The van der Waals surface area contributed by atoms with Crippen molar-refractivity contribution in [1.29, 1.82) is 0 Å². The molecule has 156 valence electrons. The monoisotopic (exact) mass is 419 g/mol. The average molecular weight is 420 g/mol. The highest BCUT2D eigenvalue weighted by Gasteiger charge is 2.24. The third-order valence-electron chi connectivity index (χ3n) is 4.69. The largest absolute Gasteiger partial charge is 0.348 e. The summed E-state index contributed by atoms with van der Waals surface area (Å²) >= 11 is 0. The Morgan fingerprint density at radius 3 is 2.41 bits per heavy atom. The van der Waals surface area contributed by atoms with Gasteiger partial charge in [-0.15, -0.1) is 0 Å². The third kappa shape index (κ3) is 5.77. The Hall–Kier alpha value is -2.94. The molecule has 1 unspecified atom stereocenters. The summed E-state index contributed by atoms with van der Waals surface area (Å²) < 4.78 is 25.3. The first-order chi connectivity index (χ1) is 13.5. The third-order valence-corrected chi connectivity index (χ3v) is 5.83. The van der Waals surface area contributed by atoms with Crippen molar-refractivity contribution in [3.8, 4) is 0 Å². The van der Waals surface area contributed by atoms with Crippen LogP contribution in [0.4, 0.5) is 11.4 Å². The molecule has 1 N–H and O–H groups in total. The lowest BCUT2D eigenvalue weighted by molar-refractivity contribution is -0.384. The van der Waals surface area contributed by atoms with Crippen LogP contribution in [0.2, 0.25) is 0 Å². The molecule has 2 rings (SSSR count). The number of nitro benzene ring substituents is 1. The number of carbonyl (C=O) groups excluding carboxylic acids is 1. The minimum Gasteiger partial charge on any atom is -0.348 e. The summed E-state index contributed by atoms with van der Waals surface area (Å²) in [6.45, 7) is 5.44. The maximum Gasteiger partial charge on any atom is 0.271 e. The SMILES string of the molecule is CCC(NC(=O)CN(c1cccc([N+](=O)[O-])c1)S(C)(=O)=O)c1ccc(C)c(C)c1. The predicted molar refractivity (Wildman–Crippen MR) is 112 cm³/mol. The Labute approximate surface area is 170 Å². The van der Waals surface area contributed by atoms with Gasteiger partial charge in [-0.2, -0.15) is 0 Å². The average Bonchev–Trinajstić information content (AvgIpc) is 2.65. The summed E-state index contributed by atoms with van der Waals surface area (Å²) in [6.07, 6.45) is 1.59. The van der Waals surface area contributed by atoms with Gasteiger partial charge in [0.2, 0.25) is 15.9 Å². The van der Waals surface area contributed by atoms with Gasteiger partial charge in [-0.1, -0.05) is 31.2 Å². The fraction of sp³-hybridized carbons (Fsp3) is 0.350. The van der Waals surface area contributed by atoms with Gasteiger partial charge in [-0.05, 0) is 43.0 Å². The number of aryl methyl sites for hydroxylation is 2. The molecule has 0 aliphatic rings. The molecule has 0 radical (unpaired) electrons. The molecular weight excluding hydrogens is 394 g/mol. The van der Waals surface area contributed by atoms with E-state index in [1.54, 1.807) is 0 Å². The van der Waals surface area contributed by atoms with Gasteiger partial charge in [-0.3, -0.25) is 19.2 Å². The molecule has 8 nitrogen and oxygen atoms in total. The van der Waals surface area contributed by atoms with Crippen LogP contribution in [0.3, 0.4) is 0 Å². The van der Waals surface area contributed by atoms with E-state index in [1.807, 2.05) is 39.0 Å². The first kappa shape index (κ1) is 22.4. The summed E-state index contributed by atoms with van der Waals surface area (Å²) in [4.78, 5) is 23.0. The number of nitro groups is 1. The highest BCUT2D eigenvalue weighted by atomic mass is 32.2. The summed E-state index contributed by atoms with van der Waals surface area (Å²) in [5.41, 5.74) is 2.99. The number of nitrogens with one attached hydrogen (secondary N) is 1. The highest BCUT2D eigenvalue weighted by Crippen LogP contribution is 2.24. The van der Waals surface area contributed by atoms with Crippen LogP contribution in [0.5, 0.6) is 0 Å². The zero-order valence-corrected chi connectivity index (χ0v) is 17.7. The maximum atomic E-state index is 12.6. The topological polar surface area (TPSA) is 110 Å². The van der Waals surface area contributed by atoms with E-state index in [9.17, 15) is 23.3 Å². The number of rotatable bonds is 8. The normalized spacial score (nSPS) is 12.3. The van der Waals surface area contributed by atoms with Crippen molar-refractivity contribution >= 4 is 27.3 Å². The quantitative estimate of drug-likeness (QED) is 0.522. The molecule has 0 bridgehead atoms. The van der Waals surface area contributed by atoms with E-state index in [0.29, 0.717) is 6.42 Å². The van der Waals surface area contributed by atoms with Gasteiger partial charge in [0.1, 0.15) is 6.54 Å². The van der Waals surface area contributed by atoms with Crippen LogP contribution in [0, 0.1) is 24.0 Å². The molecule has 0 aliphatic heterocycles. The molecule has 1 atom stereocenters. The Balaban J connectivity index is 2.25. The van der Waals surface area contributed by atoms with Crippen LogP contribution in [-0.4, -0.2) is 32.0 Å². The standard InChI is InChI=1S/C20H25N3O5S/c1-5-19(16-10-9-14(2)15(3)11-16)21-20(24)13-22(29(4,27)28)17-7-6-8-18(12-17)23(25)26/h6-12,19H,5,13H2,1-4H3,(H,21,24). The van der Waals surface area contributed by atoms with Crippen molar-refractivity contribution < 1.29 is 18.1 Å². The molecule has 9 heteroatoms. The molecule has 2 aromatic carbocycles. The molecular formula is C20H25N3O5S. The molecule has 0 saturated heterocycles. The van der Waals surface area contributed by atoms with E-state index < -0.39 is 27.4 Å². The van der Waals surface area contributed by atoms with Gasteiger partial charge in [0.05, 0.1) is 22.9 Å². The van der Waals surface area contributed by atoms with E-state index in [2.05, 4.69) is 5.32 Å². The predicted octanol–water partition coefficient (Wildman–Crippen LogP) is 3.25. The van der Waals surface area contributed by atoms with Crippen LogP contribution in [0.25, 0.3) is 0 Å². The van der Waals surface area contributed by atoms with Gasteiger partial charge in [0.25, 0.3) is 5.69 Å². The fourth-order valence-corrected chi connectivity index (χ4v) is 3.78. The number of sulfonamides is 1. The first-order valence-corrected chi connectivity index (χ1v) is 11.0. The van der Waals surface area contributed by atoms with Crippen molar-refractivity contribution in [1.82, 2.24) is 5.32 Å². The number of benzene rings is 2. The maximum absolute atomic E-state index is 12.6. The van der Waals surface area contributed by atoms with Gasteiger partial charge in [0, 0.05) is 12.1 Å². The second-order valence-electron chi connectivity index (χ2n) is 6.92. The molecule has 0 fully saturated rings. The van der Waals surface area contributed by atoms with Crippen LogP contribution in [-0.2, 0) is 14.8 Å². The number of amides is 1. The molecule has 1 amide bonds. The van der Waals surface area contributed by atoms with E-state index in [0.717, 1.165) is 33.3 Å². The molecule has 0 heterocycles. The second kappa shape index (κ2) is 9.04. The molecule has 0 aliphatic carbocycles. The number of non-ortho nitro benzene ring substituents is 1. The lowest BCUT2D eigenvalue weighted by atomic mass is 9.99. The van der Waals surface area contributed by atoms with Gasteiger partial charge in [0.15, 0.2) is 0 Å². The van der Waals surface area contributed by atoms with E-state index in [-0.39, 0.29) is 17.4 Å². The van der Waals surface area contributed by atoms with Crippen molar-refractivity contribution in [2.45, 2.75) is 33.2 Å². The Morgan fingerprint density at radius 1 is 1.17 bits per heavy atom. The molecule has 0 saturated carbocycles. The van der Waals surface area contributed by atoms with Gasteiger partial charge >= 0.3 is 0 Å². The fourth-order valence-electron chi connectivity index (χ4n) is 2.93. The van der Waals surface area contributed by atoms with Crippen molar-refractivity contribution in [2.24, 2.45) is 0 Å². The van der Waals surface area contributed by atoms with Crippen LogP contribution in [0.1, 0.15) is 36.1 Å². The summed E-state index contributed by atoms with van der Waals surface area (Å²) in [6, 6.07) is 10.8. The van der Waals surface area contributed by atoms with Crippen molar-refractivity contribution in [2.75, 3.05) is 17.1 Å².